The van der Waals surface area contributed by atoms with Crippen molar-refractivity contribution in [2.24, 2.45) is 0 Å². The fourth-order valence-corrected chi connectivity index (χ4v) is 5.20. The zero-order valence-corrected chi connectivity index (χ0v) is 25.8. The van der Waals surface area contributed by atoms with Crippen molar-refractivity contribution in [2.45, 2.75) is 16.7 Å². The molecule has 12 nitrogen and oxygen atoms in total. The third-order valence-corrected chi connectivity index (χ3v) is 7.06. The van der Waals surface area contributed by atoms with Gasteiger partial charge in [0, 0.05) is 23.9 Å². The van der Waals surface area contributed by atoms with Gasteiger partial charge in [-0.15, -0.1) is 0 Å². The van der Waals surface area contributed by atoms with E-state index in [4.69, 9.17) is 5.73 Å². The number of nitrogens with one attached hydrogen (secondary N) is 2. The van der Waals surface area contributed by atoms with Crippen LogP contribution in [0.15, 0.2) is 58.3 Å². The quantitative estimate of drug-likeness (QED) is 0.117. The number of hydrogen-bond donors (Lipinski definition) is 3. The average Bonchev–Trinajstić information content (AvgIpc) is 2.77. The molecule has 186 valence electrons. The van der Waals surface area contributed by atoms with Gasteiger partial charge in [0.2, 0.25) is 5.91 Å². The Kier molecular flexibility index (Phi) is 9.76. The van der Waals surface area contributed by atoms with E-state index in [2.05, 4.69) is 10.6 Å². The van der Waals surface area contributed by atoms with Crippen LogP contribution in [0, 0.1) is 0 Å². The van der Waals surface area contributed by atoms with Crippen molar-refractivity contribution in [3.05, 3.63) is 70.8 Å². The minimum Gasteiger partial charge on any atom is -0.744 e. The predicted octanol–water partition coefficient (Wildman–Crippen LogP) is -4.44. The third kappa shape index (κ3) is 6.04. The van der Waals surface area contributed by atoms with Crippen LogP contribution in [0.5, 0.6) is 0 Å². The van der Waals surface area contributed by atoms with Crippen molar-refractivity contribution >= 4 is 60.5 Å². The second-order valence-electron chi connectivity index (χ2n) is 7.71. The second kappa shape index (κ2) is 11.6. The fraction of sp³-hybridized carbons (Fsp3) is 0.0455. The van der Waals surface area contributed by atoms with Crippen LogP contribution in [0.25, 0.3) is 0 Å². The van der Waals surface area contributed by atoms with E-state index >= 15 is 0 Å². The first kappa shape index (κ1) is 32.1. The second-order valence-corrected chi connectivity index (χ2v) is 10.4. The number of benzene rings is 3. The van der Waals surface area contributed by atoms with Crippen LogP contribution in [0.2, 0.25) is 0 Å². The van der Waals surface area contributed by atoms with Gasteiger partial charge in [-0.1, -0.05) is 12.1 Å². The maximum absolute atomic E-state index is 13.4. The molecule has 0 unspecified atom stereocenters. The third-order valence-electron chi connectivity index (χ3n) is 5.30. The number of fused-ring (bicyclic) bond motifs is 2. The van der Waals surface area contributed by atoms with Gasteiger partial charge in [-0.2, -0.15) is 0 Å². The molecular weight excluding hydrogens is 560 g/mol. The standard InChI is InChI=1S/C22H17N3O9S2.2Na/c1-10(26)24-11-5-7-12(8-6-11)25-14-9-16(36(32,33)34)20(23)19-18(14)21(27)13-3-2-4-15(35(29,30)31)17(13)22(19)28;;/h2-9,25H,23H2,1H3,(H,24,26)(H,29,30,31)(H,32,33,34);;/q;2*+1/p-2. The molecule has 4 N–H and O–H groups in total. The molecule has 0 atom stereocenters. The summed E-state index contributed by atoms with van der Waals surface area (Å²) in [6.07, 6.45) is 0. The number of hydrogen-bond acceptors (Lipinski definition) is 11. The predicted molar refractivity (Wildman–Crippen MR) is 124 cm³/mol. The first-order valence-electron chi connectivity index (χ1n) is 9.95. The summed E-state index contributed by atoms with van der Waals surface area (Å²) in [5.74, 6) is -2.46. The maximum Gasteiger partial charge on any atom is 1.00 e. The van der Waals surface area contributed by atoms with Crippen LogP contribution < -0.4 is 75.5 Å². The Labute approximate surface area is 261 Å². The van der Waals surface area contributed by atoms with E-state index in [1.54, 1.807) is 0 Å². The normalized spacial score (nSPS) is 12.4. The van der Waals surface area contributed by atoms with Gasteiger partial charge in [0.15, 0.2) is 11.6 Å². The molecule has 0 bridgehead atoms. The molecule has 0 saturated carbocycles. The number of ketones is 2. The van der Waals surface area contributed by atoms with Crippen molar-refractivity contribution < 1.29 is 99.4 Å². The summed E-state index contributed by atoms with van der Waals surface area (Å²) in [4.78, 5) is 36.0. The van der Waals surface area contributed by atoms with Gasteiger partial charge in [0.25, 0.3) is 0 Å². The summed E-state index contributed by atoms with van der Waals surface area (Å²) >= 11 is 0. The van der Waals surface area contributed by atoms with Crippen molar-refractivity contribution in [3.8, 4) is 0 Å². The van der Waals surface area contributed by atoms with Crippen LogP contribution in [-0.2, 0) is 25.0 Å². The number of amides is 1. The topological polar surface area (TPSA) is 216 Å². The van der Waals surface area contributed by atoms with Crippen molar-refractivity contribution in [1.29, 1.82) is 0 Å². The molecule has 0 aliphatic heterocycles. The largest absolute Gasteiger partial charge is 1.00 e. The Balaban J connectivity index is 0.00000253. The summed E-state index contributed by atoms with van der Waals surface area (Å²) in [7, 11) is -10.5. The van der Waals surface area contributed by atoms with Crippen LogP contribution in [0.4, 0.5) is 22.7 Å². The van der Waals surface area contributed by atoms with E-state index in [9.17, 15) is 40.3 Å². The van der Waals surface area contributed by atoms with E-state index in [0.29, 0.717) is 5.69 Å². The van der Waals surface area contributed by atoms with Crippen molar-refractivity contribution in [2.75, 3.05) is 16.4 Å². The number of anilines is 4. The van der Waals surface area contributed by atoms with Crippen molar-refractivity contribution in [3.63, 3.8) is 0 Å². The van der Waals surface area contributed by atoms with Crippen LogP contribution >= 0.6 is 0 Å². The Morgan fingerprint density at radius 3 is 1.87 bits per heavy atom. The SMILES string of the molecule is CC(=O)Nc1ccc(Nc2cc(S(=O)(=O)[O-])c(N)c3c2C(=O)c2cccc(S(=O)(=O)[O-])c2C3=O)cc1.[Na+].[Na+]. The molecule has 1 amide bonds. The summed E-state index contributed by atoms with van der Waals surface area (Å²) in [5, 5.41) is 5.30. The van der Waals surface area contributed by atoms with Crippen LogP contribution in [0.3, 0.4) is 0 Å². The maximum atomic E-state index is 13.4. The van der Waals surface area contributed by atoms with E-state index < -0.39 is 69.5 Å². The number of carbonyl (C=O) groups excluding carboxylic acids is 3. The molecule has 0 aromatic heterocycles. The summed E-state index contributed by atoms with van der Waals surface area (Å²) in [5.41, 5.74) is 3.10. The molecule has 0 saturated heterocycles. The minimum absolute atomic E-state index is 0. The number of rotatable bonds is 5. The Morgan fingerprint density at radius 1 is 0.789 bits per heavy atom. The van der Waals surface area contributed by atoms with Gasteiger partial charge in [0.1, 0.15) is 20.2 Å². The molecule has 3 aromatic carbocycles. The fourth-order valence-electron chi connectivity index (χ4n) is 3.87. The number of carbonyl (C=O) groups is 3. The smallest absolute Gasteiger partial charge is 0.744 e. The van der Waals surface area contributed by atoms with Gasteiger partial charge in [-0.25, -0.2) is 16.8 Å². The van der Waals surface area contributed by atoms with E-state index in [-0.39, 0.29) is 76.4 Å². The molecule has 1 aliphatic carbocycles. The average molecular weight is 575 g/mol. The molecule has 0 spiro atoms. The Hall–Kier alpha value is -2.11. The molecule has 38 heavy (non-hydrogen) atoms. The molecule has 0 fully saturated rings. The first-order valence-corrected chi connectivity index (χ1v) is 12.8. The summed E-state index contributed by atoms with van der Waals surface area (Å²) in [6, 6.07) is 9.77. The molecule has 0 radical (unpaired) electrons. The zero-order chi connectivity index (χ0) is 26.6. The Bertz CT molecular complexity index is 1710. The minimum atomic E-state index is -5.26. The molecular formula is C22H15N3Na2O9S2. The molecule has 1 aliphatic rings. The van der Waals surface area contributed by atoms with Gasteiger partial charge >= 0.3 is 59.1 Å². The molecule has 0 heterocycles. The number of nitrogens with two attached hydrogens (primary N) is 1. The summed E-state index contributed by atoms with van der Waals surface area (Å²) < 4.78 is 71.0. The van der Waals surface area contributed by atoms with Crippen LogP contribution in [0.1, 0.15) is 38.8 Å². The zero-order valence-electron chi connectivity index (χ0n) is 20.2. The van der Waals surface area contributed by atoms with Gasteiger partial charge < -0.3 is 25.5 Å². The monoisotopic (exact) mass is 575 g/mol. The van der Waals surface area contributed by atoms with Gasteiger partial charge in [-0.3, -0.25) is 14.4 Å². The van der Waals surface area contributed by atoms with Gasteiger partial charge in [0.05, 0.1) is 37.9 Å². The van der Waals surface area contributed by atoms with E-state index in [1.807, 2.05) is 0 Å². The number of nitrogen functional groups attached to an aromatic ring is 1. The Morgan fingerprint density at radius 2 is 1.34 bits per heavy atom. The van der Waals surface area contributed by atoms with E-state index in [0.717, 1.165) is 24.3 Å². The van der Waals surface area contributed by atoms with E-state index in [1.165, 1.54) is 31.2 Å². The first-order chi connectivity index (χ1) is 16.7. The van der Waals surface area contributed by atoms with Crippen LogP contribution in [-0.4, -0.2) is 43.4 Å². The summed E-state index contributed by atoms with van der Waals surface area (Å²) in [6.45, 7) is 1.31. The molecule has 16 heteroatoms. The molecule has 4 rings (SSSR count). The van der Waals surface area contributed by atoms with Crippen molar-refractivity contribution in [1.82, 2.24) is 0 Å². The molecule has 3 aromatic rings. The van der Waals surface area contributed by atoms with Gasteiger partial charge in [-0.05, 0) is 36.4 Å².